The quantitative estimate of drug-likeness (QED) is 0.595. The highest BCUT2D eigenvalue weighted by Gasteiger charge is 2.25. The fourth-order valence-corrected chi connectivity index (χ4v) is 1.10. The van der Waals surface area contributed by atoms with Gasteiger partial charge in [-0.3, -0.25) is 4.79 Å². The molecule has 1 aliphatic rings. The van der Waals surface area contributed by atoms with Gasteiger partial charge in [0, 0.05) is 6.61 Å². The molecule has 3 nitrogen and oxygen atoms in total. The van der Waals surface area contributed by atoms with Crippen LogP contribution in [-0.2, 0) is 9.53 Å². The molecular formula is C7H13NO2. The topological polar surface area (TPSA) is 52.3 Å². The minimum absolute atomic E-state index is 0.0394. The smallest absolute Gasteiger partial charge is 0.177 e. The van der Waals surface area contributed by atoms with Crippen LogP contribution in [0.1, 0.15) is 19.8 Å². The van der Waals surface area contributed by atoms with Crippen LogP contribution in [0, 0.1) is 0 Å². The molecule has 0 radical (unpaired) electrons. The Hall–Kier alpha value is -0.410. The van der Waals surface area contributed by atoms with E-state index in [0.29, 0.717) is 6.61 Å². The zero-order chi connectivity index (χ0) is 7.56. The van der Waals surface area contributed by atoms with E-state index in [2.05, 4.69) is 0 Å². The van der Waals surface area contributed by atoms with Crippen LogP contribution in [0.25, 0.3) is 0 Å². The number of Topliss-reactive ketones (excluding diaryl/α,β-unsaturated/α-hetero) is 1. The summed E-state index contributed by atoms with van der Waals surface area (Å²) in [5.41, 5.74) is 5.39. The Kier molecular flexibility index (Phi) is 2.40. The molecule has 0 aromatic carbocycles. The van der Waals surface area contributed by atoms with Crippen molar-refractivity contribution in [2.24, 2.45) is 5.73 Å². The summed E-state index contributed by atoms with van der Waals surface area (Å²) in [6, 6.07) is -0.372. The van der Waals surface area contributed by atoms with Crippen LogP contribution in [0.5, 0.6) is 0 Å². The van der Waals surface area contributed by atoms with Crippen molar-refractivity contribution in [1.29, 1.82) is 0 Å². The van der Waals surface area contributed by atoms with Gasteiger partial charge in [0.2, 0.25) is 0 Å². The van der Waals surface area contributed by atoms with Gasteiger partial charge in [0.05, 0.1) is 6.04 Å². The standard InChI is InChI=1S/C7H13NO2/c1-5(8)7(9)6-3-2-4-10-6/h5-6H,2-4,8H2,1H3/t5?,6-/m1/s1. The number of ether oxygens (including phenoxy) is 1. The summed E-state index contributed by atoms with van der Waals surface area (Å²) in [5, 5.41) is 0. The lowest BCUT2D eigenvalue weighted by Gasteiger charge is -2.09. The van der Waals surface area contributed by atoms with E-state index in [9.17, 15) is 4.79 Å². The van der Waals surface area contributed by atoms with Gasteiger partial charge in [-0.2, -0.15) is 0 Å². The molecule has 58 valence electrons. The first-order chi connectivity index (χ1) is 4.72. The molecule has 0 aromatic rings. The lowest BCUT2D eigenvalue weighted by atomic mass is 10.1. The minimum Gasteiger partial charge on any atom is -0.370 e. The lowest BCUT2D eigenvalue weighted by Crippen LogP contribution is -2.35. The highest BCUT2D eigenvalue weighted by atomic mass is 16.5. The number of rotatable bonds is 2. The van der Waals surface area contributed by atoms with E-state index in [-0.39, 0.29) is 17.9 Å². The third kappa shape index (κ3) is 1.55. The van der Waals surface area contributed by atoms with E-state index in [0.717, 1.165) is 12.8 Å². The second-order valence-electron chi connectivity index (χ2n) is 2.69. The molecule has 10 heavy (non-hydrogen) atoms. The van der Waals surface area contributed by atoms with Crippen molar-refractivity contribution in [2.75, 3.05) is 6.61 Å². The summed E-state index contributed by atoms with van der Waals surface area (Å²) in [4.78, 5) is 11.1. The maximum atomic E-state index is 11.1. The van der Waals surface area contributed by atoms with Gasteiger partial charge < -0.3 is 10.5 Å². The van der Waals surface area contributed by atoms with Gasteiger partial charge in [-0.1, -0.05) is 0 Å². The number of ketones is 1. The second kappa shape index (κ2) is 3.12. The van der Waals surface area contributed by atoms with Crippen LogP contribution in [0.4, 0.5) is 0 Å². The molecule has 0 bridgehead atoms. The minimum atomic E-state index is -0.372. The molecule has 1 saturated heterocycles. The molecule has 1 rings (SSSR count). The van der Waals surface area contributed by atoms with Crippen molar-refractivity contribution < 1.29 is 9.53 Å². The fourth-order valence-electron chi connectivity index (χ4n) is 1.10. The van der Waals surface area contributed by atoms with Gasteiger partial charge in [-0.25, -0.2) is 0 Å². The van der Waals surface area contributed by atoms with Gasteiger partial charge in [0.1, 0.15) is 6.10 Å². The van der Waals surface area contributed by atoms with E-state index in [1.807, 2.05) is 0 Å². The molecule has 2 atom stereocenters. The third-order valence-electron chi connectivity index (χ3n) is 1.70. The van der Waals surface area contributed by atoms with E-state index in [1.165, 1.54) is 0 Å². The SMILES string of the molecule is CC(N)C(=O)[C@H]1CCCO1. The zero-order valence-electron chi connectivity index (χ0n) is 6.17. The average molecular weight is 143 g/mol. The number of carbonyl (C=O) groups is 1. The number of hydrogen-bond donors (Lipinski definition) is 1. The third-order valence-corrected chi connectivity index (χ3v) is 1.70. The summed E-state index contributed by atoms with van der Waals surface area (Å²) in [7, 11) is 0. The molecule has 0 spiro atoms. The molecular weight excluding hydrogens is 130 g/mol. The van der Waals surface area contributed by atoms with Gasteiger partial charge in [0.25, 0.3) is 0 Å². The summed E-state index contributed by atoms with van der Waals surface area (Å²) >= 11 is 0. The normalized spacial score (nSPS) is 28.4. The van der Waals surface area contributed by atoms with Gasteiger partial charge in [0.15, 0.2) is 5.78 Å². The van der Waals surface area contributed by atoms with Crippen molar-refractivity contribution in [3.63, 3.8) is 0 Å². The first kappa shape index (κ1) is 7.69. The Morgan fingerprint density at radius 1 is 1.80 bits per heavy atom. The molecule has 0 saturated carbocycles. The predicted octanol–water partition coefficient (Wildman–Crippen LogP) is 0.0817. The highest BCUT2D eigenvalue weighted by Crippen LogP contribution is 2.13. The van der Waals surface area contributed by atoms with Crippen LogP contribution in [0.15, 0.2) is 0 Å². The molecule has 3 heteroatoms. The summed E-state index contributed by atoms with van der Waals surface area (Å²) in [6.07, 6.45) is 1.63. The molecule has 1 aliphatic heterocycles. The molecule has 0 aliphatic carbocycles. The second-order valence-corrected chi connectivity index (χ2v) is 2.69. The van der Waals surface area contributed by atoms with Crippen LogP contribution in [0.2, 0.25) is 0 Å². The zero-order valence-corrected chi connectivity index (χ0v) is 6.17. The van der Waals surface area contributed by atoms with Crippen LogP contribution in [-0.4, -0.2) is 24.5 Å². The number of carbonyl (C=O) groups excluding carboxylic acids is 1. The molecule has 1 unspecified atom stereocenters. The summed E-state index contributed by atoms with van der Waals surface area (Å²) < 4.78 is 5.15. The van der Waals surface area contributed by atoms with E-state index in [1.54, 1.807) is 6.92 Å². The van der Waals surface area contributed by atoms with Crippen LogP contribution in [0.3, 0.4) is 0 Å². The van der Waals surface area contributed by atoms with E-state index < -0.39 is 0 Å². The Bertz CT molecular complexity index is 128. The average Bonchev–Trinajstić information content (AvgIpc) is 2.36. The van der Waals surface area contributed by atoms with Crippen LogP contribution < -0.4 is 5.73 Å². The maximum Gasteiger partial charge on any atom is 0.177 e. The van der Waals surface area contributed by atoms with Crippen molar-refractivity contribution in [3.8, 4) is 0 Å². The maximum absolute atomic E-state index is 11.1. The molecule has 1 fully saturated rings. The summed E-state index contributed by atoms with van der Waals surface area (Å²) in [6.45, 7) is 2.41. The Morgan fingerprint density at radius 2 is 2.50 bits per heavy atom. The van der Waals surface area contributed by atoms with Gasteiger partial charge in [-0.05, 0) is 19.8 Å². The Balaban J connectivity index is 2.40. The van der Waals surface area contributed by atoms with Crippen molar-refractivity contribution >= 4 is 5.78 Å². The van der Waals surface area contributed by atoms with Crippen LogP contribution >= 0.6 is 0 Å². The fraction of sp³-hybridized carbons (Fsp3) is 0.857. The highest BCUT2D eigenvalue weighted by molar-refractivity contribution is 5.87. The van der Waals surface area contributed by atoms with Gasteiger partial charge >= 0.3 is 0 Å². The van der Waals surface area contributed by atoms with Crippen molar-refractivity contribution in [2.45, 2.75) is 31.9 Å². The Labute approximate surface area is 60.5 Å². The molecule has 1 heterocycles. The Morgan fingerprint density at radius 3 is 2.90 bits per heavy atom. The van der Waals surface area contributed by atoms with Gasteiger partial charge in [-0.15, -0.1) is 0 Å². The first-order valence-electron chi connectivity index (χ1n) is 3.62. The molecule has 0 amide bonds. The number of hydrogen-bond acceptors (Lipinski definition) is 3. The first-order valence-corrected chi connectivity index (χ1v) is 3.62. The van der Waals surface area contributed by atoms with E-state index >= 15 is 0 Å². The number of nitrogens with two attached hydrogens (primary N) is 1. The van der Waals surface area contributed by atoms with Crippen molar-refractivity contribution in [3.05, 3.63) is 0 Å². The van der Waals surface area contributed by atoms with Crippen molar-refractivity contribution in [1.82, 2.24) is 0 Å². The largest absolute Gasteiger partial charge is 0.370 e. The van der Waals surface area contributed by atoms with E-state index in [4.69, 9.17) is 10.5 Å². The molecule has 0 aromatic heterocycles. The summed E-state index contributed by atoms with van der Waals surface area (Å²) in [5.74, 6) is 0.0394. The molecule has 2 N–H and O–H groups in total. The predicted molar refractivity (Wildman–Crippen MR) is 37.6 cm³/mol. The lowest BCUT2D eigenvalue weighted by molar-refractivity contribution is -0.128. The monoisotopic (exact) mass is 143 g/mol.